The van der Waals surface area contributed by atoms with Gasteiger partial charge in [0.15, 0.2) is 0 Å². The molecule has 0 spiro atoms. The van der Waals surface area contributed by atoms with Gasteiger partial charge in [0.2, 0.25) is 0 Å². The first-order valence-electron chi connectivity index (χ1n) is 6.88. The Kier molecular flexibility index (Phi) is 4.25. The topological polar surface area (TPSA) is 120 Å². The van der Waals surface area contributed by atoms with Crippen LogP contribution in [0.3, 0.4) is 0 Å². The lowest BCUT2D eigenvalue weighted by atomic mass is 10.1. The van der Waals surface area contributed by atoms with Gasteiger partial charge in [-0.15, -0.1) is 0 Å². The molecule has 1 aromatic heterocycles. The molecule has 0 aliphatic heterocycles. The van der Waals surface area contributed by atoms with Crippen LogP contribution in [-0.4, -0.2) is 31.2 Å². The molecule has 0 aliphatic carbocycles. The van der Waals surface area contributed by atoms with Crippen molar-refractivity contribution in [3.8, 4) is 11.5 Å². The van der Waals surface area contributed by atoms with Crippen molar-refractivity contribution in [3.05, 3.63) is 41.5 Å². The lowest BCUT2D eigenvalue weighted by Crippen LogP contribution is -2.24. The van der Waals surface area contributed by atoms with Gasteiger partial charge in [-0.05, 0) is 36.8 Å². The number of amides is 2. The molecule has 3 aromatic rings. The molecule has 2 aromatic carbocycles. The van der Waals surface area contributed by atoms with Gasteiger partial charge in [0.1, 0.15) is 22.5 Å². The fourth-order valence-corrected chi connectivity index (χ4v) is 2.65. The maximum atomic E-state index is 11.9. The van der Waals surface area contributed by atoms with Gasteiger partial charge in [-0.1, -0.05) is 6.07 Å². The second-order valence-corrected chi connectivity index (χ2v) is 5.51. The summed E-state index contributed by atoms with van der Waals surface area (Å²) < 4.78 is 8.20. The standard InChI is InChI=1S/C15H13N5O3S/c1-8-5-12(21)9(13(22)6-8)7-16-18-15(23)17-10-3-2-4-11-14(10)20-24-19-11/h2-7,21-22H,1H3,(H2,17,18,23)/b16-7+. The number of carbonyl (C=O) groups excluding carboxylic acids is 1. The van der Waals surface area contributed by atoms with Crippen LogP contribution in [0.4, 0.5) is 10.5 Å². The SMILES string of the molecule is Cc1cc(O)c(/C=N/NC(=O)Nc2cccc3nsnc23)c(O)c1. The van der Waals surface area contributed by atoms with Gasteiger partial charge < -0.3 is 15.5 Å². The molecule has 0 radical (unpaired) electrons. The van der Waals surface area contributed by atoms with E-state index in [4.69, 9.17) is 0 Å². The highest BCUT2D eigenvalue weighted by molar-refractivity contribution is 7.00. The number of aromatic nitrogens is 2. The van der Waals surface area contributed by atoms with Gasteiger partial charge in [0, 0.05) is 0 Å². The molecule has 0 fully saturated rings. The number of phenols is 2. The predicted molar refractivity (Wildman–Crippen MR) is 91.7 cm³/mol. The predicted octanol–water partition coefficient (Wildman–Crippen LogP) is 2.57. The van der Waals surface area contributed by atoms with Crippen molar-refractivity contribution in [1.82, 2.24) is 14.2 Å². The average molecular weight is 343 g/mol. The highest BCUT2D eigenvalue weighted by Gasteiger charge is 2.09. The van der Waals surface area contributed by atoms with Crippen molar-refractivity contribution < 1.29 is 15.0 Å². The number of aromatic hydroxyl groups is 2. The molecule has 122 valence electrons. The Morgan fingerprint density at radius 2 is 2.00 bits per heavy atom. The number of fused-ring (bicyclic) bond motifs is 1. The van der Waals surface area contributed by atoms with E-state index in [2.05, 4.69) is 24.6 Å². The minimum absolute atomic E-state index is 0.117. The monoisotopic (exact) mass is 343 g/mol. The van der Waals surface area contributed by atoms with Crippen LogP contribution < -0.4 is 10.7 Å². The fourth-order valence-electron chi connectivity index (χ4n) is 2.10. The van der Waals surface area contributed by atoms with Crippen LogP contribution in [0.1, 0.15) is 11.1 Å². The zero-order valence-electron chi connectivity index (χ0n) is 12.5. The molecule has 8 nitrogen and oxygen atoms in total. The minimum Gasteiger partial charge on any atom is -0.507 e. The molecule has 0 aliphatic rings. The lowest BCUT2D eigenvalue weighted by Gasteiger charge is -2.05. The number of urea groups is 1. The molecule has 9 heteroatoms. The van der Waals surface area contributed by atoms with Crippen molar-refractivity contribution in [2.45, 2.75) is 6.92 Å². The van der Waals surface area contributed by atoms with Crippen molar-refractivity contribution in [3.63, 3.8) is 0 Å². The van der Waals surface area contributed by atoms with Gasteiger partial charge in [-0.3, -0.25) is 0 Å². The molecule has 24 heavy (non-hydrogen) atoms. The van der Waals surface area contributed by atoms with Crippen molar-refractivity contribution in [2.75, 3.05) is 5.32 Å². The molecular weight excluding hydrogens is 330 g/mol. The zero-order chi connectivity index (χ0) is 17.1. The van der Waals surface area contributed by atoms with E-state index in [1.807, 2.05) is 0 Å². The van der Waals surface area contributed by atoms with E-state index in [1.165, 1.54) is 12.1 Å². The number of carbonyl (C=O) groups is 1. The first-order chi connectivity index (χ1) is 11.5. The number of rotatable bonds is 3. The van der Waals surface area contributed by atoms with Crippen molar-refractivity contribution in [1.29, 1.82) is 0 Å². The number of aryl methyl sites for hydroxylation is 1. The molecule has 0 saturated heterocycles. The Hall–Kier alpha value is -3.20. The Labute approximate surface area is 140 Å². The van der Waals surface area contributed by atoms with Crippen molar-refractivity contribution >= 4 is 40.7 Å². The second-order valence-electron chi connectivity index (χ2n) is 4.98. The number of phenolic OH excluding ortho intramolecular Hbond substituents is 2. The number of hydrazone groups is 1. The van der Waals surface area contributed by atoms with E-state index < -0.39 is 6.03 Å². The number of benzene rings is 2. The number of hydrogen-bond acceptors (Lipinski definition) is 7. The van der Waals surface area contributed by atoms with Crippen LogP contribution in [0.25, 0.3) is 11.0 Å². The maximum Gasteiger partial charge on any atom is 0.339 e. The Bertz CT molecular complexity index is 915. The Balaban J connectivity index is 1.69. The normalized spacial score (nSPS) is 11.0. The lowest BCUT2D eigenvalue weighted by molar-refractivity contribution is 0.252. The molecule has 0 saturated carbocycles. The van der Waals surface area contributed by atoms with Gasteiger partial charge in [-0.2, -0.15) is 13.8 Å². The van der Waals surface area contributed by atoms with Crippen LogP contribution in [0.2, 0.25) is 0 Å². The Morgan fingerprint density at radius 3 is 2.75 bits per heavy atom. The third-order valence-electron chi connectivity index (χ3n) is 3.17. The van der Waals surface area contributed by atoms with Crippen LogP contribution in [-0.2, 0) is 0 Å². The molecule has 0 atom stereocenters. The summed E-state index contributed by atoms with van der Waals surface area (Å²) in [6, 6.07) is 7.63. The summed E-state index contributed by atoms with van der Waals surface area (Å²) in [5.41, 5.74) is 4.87. The van der Waals surface area contributed by atoms with Crippen LogP contribution in [0.5, 0.6) is 11.5 Å². The molecule has 1 heterocycles. The zero-order valence-corrected chi connectivity index (χ0v) is 13.3. The molecule has 4 N–H and O–H groups in total. The number of nitrogens with zero attached hydrogens (tertiary/aromatic N) is 3. The molecule has 0 bridgehead atoms. The van der Waals surface area contributed by atoms with E-state index in [1.54, 1.807) is 25.1 Å². The molecular formula is C15H13N5O3S. The molecule has 3 rings (SSSR count). The van der Waals surface area contributed by atoms with Gasteiger partial charge in [-0.25, -0.2) is 10.2 Å². The fraction of sp³-hybridized carbons (Fsp3) is 0.0667. The van der Waals surface area contributed by atoms with E-state index in [9.17, 15) is 15.0 Å². The quantitative estimate of drug-likeness (QED) is 0.430. The third kappa shape index (κ3) is 3.25. The van der Waals surface area contributed by atoms with Crippen molar-refractivity contribution in [2.24, 2.45) is 5.10 Å². The average Bonchev–Trinajstić information content (AvgIpc) is 2.99. The number of anilines is 1. The van der Waals surface area contributed by atoms with Crippen LogP contribution in [0, 0.1) is 6.92 Å². The first-order valence-corrected chi connectivity index (χ1v) is 7.61. The molecule has 0 unspecified atom stereocenters. The summed E-state index contributed by atoms with van der Waals surface area (Å²) in [4.78, 5) is 11.9. The summed E-state index contributed by atoms with van der Waals surface area (Å²) in [5.74, 6) is -0.256. The summed E-state index contributed by atoms with van der Waals surface area (Å²) in [7, 11) is 0. The van der Waals surface area contributed by atoms with E-state index in [0.717, 1.165) is 17.9 Å². The maximum absolute atomic E-state index is 11.9. The van der Waals surface area contributed by atoms with Crippen LogP contribution >= 0.6 is 11.7 Å². The third-order valence-corrected chi connectivity index (χ3v) is 3.72. The first kappa shape index (κ1) is 15.7. The highest BCUT2D eigenvalue weighted by Crippen LogP contribution is 2.26. The smallest absolute Gasteiger partial charge is 0.339 e. The van der Waals surface area contributed by atoms with Gasteiger partial charge >= 0.3 is 6.03 Å². The van der Waals surface area contributed by atoms with E-state index in [-0.39, 0.29) is 17.1 Å². The minimum atomic E-state index is -0.585. The summed E-state index contributed by atoms with van der Waals surface area (Å²) >= 11 is 1.06. The van der Waals surface area contributed by atoms with E-state index in [0.29, 0.717) is 22.3 Å². The number of nitrogens with one attached hydrogen (secondary N) is 2. The summed E-state index contributed by atoms with van der Waals surface area (Å²) in [6.45, 7) is 1.74. The van der Waals surface area contributed by atoms with Gasteiger partial charge in [0.05, 0.1) is 29.2 Å². The van der Waals surface area contributed by atoms with Gasteiger partial charge in [0.25, 0.3) is 0 Å². The summed E-state index contributed by atoms with van der Waals surface area (Å²) in [5, 5.41) is 25.9. The summed E-state index contributed by atoms with van der Waals surface area (Å²) in [6.07, 6.45) is 1.16. The van der Waals surface area contributed by atoms with E-state index >= 15 is 0 Å². The van der Waals surface area contributed by atoms with Crippen LogP contribution in [0.15, 0.2) is 35.4 Å². The highest BCUT2D eigenvalue weighted by atomic mass is 32.1. The number of hydrogen-bond donors (Lipinski definition) is 4. The Morgan fingerprint density at radius 1 is 1.25 bits per heavy atom. The molecule has 2 amide bonds. The largest absolute Gasteiger partial charge is 0.507 e. The second kappa shape index (κ2) is 6.50.